The van der Waals surface area contributed by atoms with Crippen LogP contribution in [0, 0.1) is 11.3 Å². The highest BCUT2D eigenvalue weighted by atomic mass is 32.2. The van der Waals surface area contributed by atoms with E-state index in [9.17, 15) is 28.1 Å². The van der Waals surface area contributed by atoms with Crippen LogP contribution >= 0.6 is 0 Å². The minimum absolute atomic E-state index is 0.0378. The number of methoxy groups -OCH3 is 2. The number of ether oxygens (including phenoxy) is 2. The van der Waals surface area contributed by atoms with Crippen LogP contribution in [0.1, 0.15) is 18.4 Å². The van der Waals surface area contributed by atoms with E-state index in [2.05, 4.69) is 0 Å². The fourth-order valence-corrected chi connectivity index (χ4v) is 4.79. The number of nitrogens with zero attached hydrogens (tertiary/aromatic N) is 2. The zero-order valence-corrected chi connectivity index (χ0v) is 20.3. The van der Waals surface area contributed by atoms with Crippen molar-refractivity contribution >= 4 is 33.6 Å². The van der Waals surface area contributed by atoms with E-state index in [1.54, 1.807) is 30.3 Å². The van der Waals surface area contributed by atoms with Crippen LogP contribution in [0.3, 0.4) is 0 Å². The molecule has 0 aliphatic carbocycles. The van der Waals surface area contributed by atoms with Crippen molar-refractivity contribution in [2.45, 2.75) is 17.7 Å². The molecular weight excluding hydrogens is 488 g/mol. The number of nitrogens with two attached hydrogens (primary N) is 1. The summed E-state index contributed by atoms with van der Waals surface area (Å²) in [7, 11) is -1.89. The Morgan fingerprint density at radius 3 is 2.08 bits per heavy atom. The van der Waals surface area contributed by atoms with Gasteiger partial charge in [0.25, 0.3) is 10.0 Å². The summed E-state index contributed by atoms with van der Waals surface area (Å²) >= 11 is 0. The van der Waals surface area contributed by atoms with E-state index in [0.717, 1.165) is 26.0 Å². The number of allylic oxidation sites excluding steroid dienone is 1. The molecule has 1 amide bonds. The van der Waals surface area contributed by atoms with Crippen molar-refractivity contribution in [1.29, 1.82) is 5.26 Å². The number of hydrogen-bond acceptors (Lipinski definition) is 10. The van der Waals surface area contributed by atoms with Crippen molar-refractivity contribution < 1.29 is 32.3 Å². The topological polar surface area (TPSA) is 169 Å². The lowest BCUT2D eigenvalue weighted by Crippen LogP contribution is -2.40. The smallest absolute Gasteiger partial charge is 0.355 e. The van der Waals surface area contributed by atoms with Gasteiger partial charge >= 0.3 is 11.9 Å². The first-order valence-corrected chi connectivity index (χ1v) is 11.8. The minimum Gasteiger partial charge on any atom is -0.466 e. The van der Waals surface area contributed by atoms with Crippen molar-refractivity contribution in [2.75, 3.05) is 19.1 Å². The van der Waals surface area contributed by atoms with Gasteiger partial charge in [0.05, 0.1) is 42.2 Å². The average Bonchev–Trinajstić information content (AvgIpc) is 2.86. The molecule has 1 unspecified atom stereocenters. The molecule has 0 spiro atoms. The number of carbonyl (C=O) groups is 3. The second-order valence-corrected chi connectivity index (χ2v) is 9.17. The molecule has 1 heterocycles. The highest BCUT2D eigenvalue weighted by Crippen LogP contribution is 2.43. The molecule has 1 atom stereocenters. The largest absolute Gasteiger partial charge is 0.466 e. The van der Waals surface area contributed by atoms with E-state index in [4.69, 9.17) is 15.2 Å². The number of esters is 2. The Balaban J connectivity index is 2.30. The van der Waals surface area contributed by atoms with Gasteiger partial charge in [-0.1, -0.05) is 30.3 Å². The van der Waals surface area contributed by atoms with Gasteiger partial charge in [-0.15, -0.1) is 0 Å². The number of rotatable bonds is 6. The van der Waals surface area contributed by atoms with Gasteiger partial charge in [0.15, 0.2) is 0 Å². The third kappa shape index (κ3) is 4.77. The summed E-state index contributed by atoms with van der Waals surface area (Å²) in [6, 6.07) is 15.5. The zero-order chi connectivity index (χ0) is 26.6. The molecule has 1 aliphatic rings. The molecule has 186 valence electrons. The molecule has 0 saturated carbocycles. The van der Waals surface area contributed by atoms with Crippen LogP contribution in [-0.2, 0) is 33.9 Å². The Morgan fingerprint density at radius 2 is 1.58 bits per heavy atom. The number of carbonyl (C=O) groups excluding carboxylic acids is 3. The third-order valence-corrected chi connectivity index (χ3v) is 6.74. The Hall–Kier alpha value is -4.63. The lowest BCUT2D eigenvalue weighted by molar-refractivity contribution is -0.139. The van der Waals surface area contributed by atoms with Crippen molar-refractivity contribution in [3.05, 3.63) is 82.8 Å². The second-order valence-electron chi connectivity index (χ2n) is 7.49. The van der Waals surface area contributed by atoms with Gasteiger partial charge < -0.3 is 15.2 Å². The maximum Gasteiger partial charge on any atom is 0.355 e. The molecule has 3 N–H and O–H groups in total. The SMILES string of the molecule is COC(=O)C1=C(C(=O)OC)N(c2ccc(S(=O)(=O)NC(C)=O)cc2)C(N)=C(C#N)C1c1ccccc1. The predicted octanol–water partition coefficient (Wildman–Crippen LogP) is 1.41. The molecule has 0 saturated heterocycles. The number of hydrogen-bond donors (Lipinski definition) is 2. The predicted molar refractivity (Wildman–Crippen MR) is 127 cm³/mol. The van der Waals surface area contributed by atoms with Gasteiger partial charge in [0, 0.05) is 12.6 Å². The van der Waals surface area contributed by atoms with Crippen molar-refractivity contribution in [3.63, 3.8) is 0 Å². The molecular formula is C24H22N4O7S. The van der Waals surface area contributed by atoms with Gasteiger partial charge in [0.2, 0.25) is 5.91 Å². The van der Waals surface area contributed by atoms with Crippen molar-refractivity contribution in [3.8, 4) is 6.07 Å². The van der Waals surface area contributed by atoms with Crippen LogP contribution in [0.2, 0.25) is 0 Å². The molecule has 1 aliphatic heterocycles. The first-order valence-electron chi connectivity index (χ1n) is 10.4. The first-order chi connectivity index (χ1) is 17.1. The van der Waals surface area contributed by atoms with E-state index >= 15 is 0 Å². The van der Waals surface area contributed by atoms with Crippen LogP contribution in [-0.4, -0.2) is 40.5 Å². The molecule has 0 aromatic heterocycles. The molecule has 3 rings (SSSR count). The summed E-state index contributed by atoms with van der Waals surface area (Å²) < 4.78 is 36.4. The number of nitriles is 1. The monoisotopic (exact) mass is 510 g/mol. The first kappa shape index (κ1) is 26.0. The van der Waals surface area contributed by atoms with Gasteiger partial charge in [-0.05, 0) is 29.8 Å². The lowest BCUT2D eigenvalue weighted by atomic mass is 9.81. The normalized spacial score (nSPS) is 15.7. The molecule has 0 radical (unpaired) electrons. The van der Waals surface area contributed by atoms with Crippen molar-refractivity contribution in [2.24, 2.45) is 5.73 Å². The third-order valence-electron chi connectivity index (χ3n) is 5.29. The van der Waals surface area contributed by atoms with Crippen LogP contribution in [0.5, 0.6) is 0 Å². The van der Waals surface area contributed by atoms with Crippen molar-refractivity contribution in [1.82, 2.24) is 4.72 Å². The zero-order valence-electron chi connectivity index (χ0n) is 19.5. The van der Waals surface area contributed by atoms with E-state index in [0.29, 0.717) is 5.56 Å². The Morgan fingerprint density at radius 1 is 1.00 bits per heavy atom. The number of sulfonamides is 1. The molecule has 2 aromatic rings. The highest BCUT2D eigenvalue weighted by Gasteiger charge is 2.43. The summed E-state index contributed by atoms with van der Waals surface area (Å²) in [6.45, 7) is 1.06. The standard InChI is InChI=1S/C24H22N4O7S/c1-14(29)27-36(32,33)17-11-9-16(10-12-17)28-21(24(31)35-3)20(23(30)34-2)19(18(13-25)22(28)26)15-7-5-4-6-8-15/h4-12,19H,26H2,1-3H3,(H,27,29). The van der Waals surface area contributed by atoms with Crippen LogP contribution < -0.4 is 15.4 Å². The molecule has 36 heavy (non-hydrogen) atoms. The number of benzene rings is 2. The summed E-state index contributed by atoms with van der Waals surface area (Å²) in [5.41, 5.74) is 6.52. The Labute approximate surface area is 207 Å². The van der Waals surface area contributed by atoms with Crippen LogP contribution in [0.4, 0.5) is 5.69 Å². The quantitative estimate of drug-likeness (QED) is 0.542. The molecule has 2 aromatic carbocycles. The molecule has 11 nitrogen and oxygen atoms in total. The van der Waals surface area contributed by atoms with E-state index in [1.165, 1.54) is 24.3 Å². The maximum absolute atomic E-state index is 13.0. The van der Waals surface area contributed by atoms with E-state index < -0.39 is 33.8 Å². The number of nitrogens with one attached hydrogen (secondary N) is 1. The average molecular weight is 511 g/mol. The molecule has 0 fully saturated rings. The highest BCUT2D eigenvalue weighted by molar-refractivity contribution is 7.90. The molecule has 0 bridgehead atoms. The summed E-state index contributed by atoms with van der Waals surface area (Å²) in [6.07, 6.45) is 0. The Kier molecular flexibility index (Phi) is 7.45. The van der Waals surface area contributed by atoms with Crippen LogP contribution in [0.25, 0.3) is 0 Å². The van der Waals surface area contributed by atoms with Gasteiger partial charge in [-0.2, -0.15) is 5.26 Å². The van der Waals surface area contributed by atoms with Gasteiger partial charge in [0.1, 0.15) is 11.5 Å². The second kappa shape index (κ2) is 10.3. The fourth-order valence-electron chi connectivity index (χ4n) is 3.80. The lowest BCUT2D eigenvalue weighted by Gasteiger charge is -2.35. The summed E-state index contributed by atoms with van der Waals surface area (Å²) in [5, 5.41) is 10.0. The molecule has 12 heteroatoms. The minimum atomic E-state index is -4.13. The fraction of sp³-hybridized carbons (Fsp3) is 0.167. The van der Waals surface area contributed by atoms with E-state index in [-0.39, 0.29) is 33.2 Å². The maximum atomic E-state index is 13.0. The summed E-state index contributed by atoms with van der Waals surface area (Å²) in [5.74, 6) is -3.80. The van der Waals surface area contributed by atoms with Crippen LogP contribution in [0.15, 0.2) is 82.2 Å². The van der Waals surface area contributed by atoms with Gasteiger partial charge in [-0.3, -0.25) is 9.69 Å². The van der Waals surface area contributed by atoms with E-state index in [1.807, 2.05) is 10.8 Å². The number of anilines is 1. The Bertz CT molecular complexity index is 1420. The number of amides is 1. The summed E-state index contributed by atoms with van der Waals surface area (Å²) in [4.78, 5) is 38.1. The van der Waals surface area contributed by atoms with Gasteiger partial charge in [-0.25, -0.2) is 22.7 Å².